The highest BCUT2D eigenvalue weighted by Crippen LogP contribution is 2.21. The quantitative estimate of drug-likeness (QED) is 0.742. The highest BCUT2D eigenvalue weighted by atomic mass is 79.9. The molecule has 0 aromatic heterocycles. The lowest BCUT2D eigenvalue weighted by atomic mass is 9.90. The van der Waals surface area contributed by atoms with E-state index in [1.165, 1.54) is 0 Å². The maximum Gasteiger partial charge on any atom is 0.244 e. The van der Waals surface area contributed by atoms with Crippen LogP contribution in [0.3, 0.4) is 0 Å². The van der Waals surface area contributed by atoms with Crippen LogP contribution in [0.25, 0.3) is 0 Å². The van der Waals surface area contributed by atoms with E-state index in [4.69, 9.17) is 11.5 Å². The number of carbonyl (C=O) groups is 1. The van der Waals surface area contributed by atoms with Gasteiger partial charge in [0.1, 0.15) is 5.54 Å². The van der Waals surface area contributed by atoms with Gasteiger partial charge in [-0.25, -0.2) is 0 Å². The molecule has 1 aromatic rings. The molecule has 1 amide bonds. The molecule has 0 saturated heterocycles. The number of nitrogens with one attached hydrogen (secondary N) is 1. The molecule has 0 saturated carbocycles. The van der Waals surface area contributed by atoms with E-state index in [1.807, 2.05) is 38.1 Å². The van der Waals surface area contributed by atoms with E-state index in [0.29, 0.717) is 6.54 Å². The van der Waals surface area contributed by atoms with Gasteiger partial charge in [0.05, 0.1) is 0 Å². The second kappa shape index (κ2) is 6.70. The molecular formula is C15H24BrN3O. The van der Waals surface area contributed by atoms with Gasteiger partial charge >= 0.3 is 0 Å². The summed E-state index contributed by atoms with van der Waals surface area (Å²) >= 11 is 3.37. The highest BCUT2D eigenvalue weighted by Gasteiger charge is 2.32. The summed E-state index contributed by atoms with van der Waals surface area (Å²) in [4.78, 5) is 12.3. The van der Waals surface area contributed by atoms with Crippen molar-refractivity contribution in [2.24, 2.45) is 11.5 Å². The smallest absolute Gasteiger partial charge is 0.244 e. The maximum absolute atomic E-state index is 12.3. The minimum Gasteiger partial charge on any atom is -0.352 e. The number of amides is 1. The number of halogens is 1. The fraction of sp³-hybridized carbons (Fsp3) is 0.533. The van der Waals surface area contributed by atoms with Crippen molar-refractivity contribution in [2.45, 2.75) is 44.7 Å². The minimum atomic E-state index is -1.07. The monoisotopic (exact) mass is 341 g/mol. The molecule has 0 bridgehead atoms. The Morgan fingerprint density at radius 1 is 1.20 bits per heavy atom. The van der Waals surface area contributed by atoms with Crippen molar-refractivity contribution in [2.75, 3.05) is 6.54 Å². The Morgan fingerprint density at radius 3 is 2.15 bits per heavy atom. The Kier molecular flexibility index (Phi) is 5.74. The summed E-state index contributed by atoms with van der Waals surface area (Å²) in [6.45, 7) is 6.18. The van der Waals surface area contributed by atoms with Crippen molar-refractivity contribution in [1.82, 2.24) is 5.32 Å². The van der Waals surface area contributed by atoms with Gasteiger partial charge in [0.2, 0.25) is 5.91 Å². The van der Waals surface area contributed by atoms with E-state index in [1.54, 1.807) is 6.92 Å². The Bertz CT molecular complexity index is 453. The third-order valence-corrected chi connectivity index (χ3v) is 4.45. The highest BCUT2D eigenvalue weighted by molar-refractivity contribution is 9.10. The molecule has 1 aromatic carbocycles. The first kappa shape index (κ1) is 17.1. The van der Waals surface area contributed by atoms with Crippen molar-refractivity contribution in [1.29, 1.82) is 0 Å². The predicted molar refractivity (Wildman–Crippen MR) is 86.2 cm³/mol. The zero-order chi connectivity index (χ0) is 15.4. The third kappa shape index (κ3) is 4.04. The molecule has 0 spiro atoms. The topological polar surface area (TPSA) is 81.1 Å². The summed E-state index contributed by atoms with van der Waals surface area (Å²) in [6, 6.07) is 7.44. The number of carbonyl (C=O) groups excluding carboxylic acids is 1. The van der Waals surface area contributed by atoms with Crippen LogP contribution in [0.2, 0.25) is 0 Å². The normalized spacial score (nSPS) is 14.7. The standard InChI is InChI=1S/C15H24BrN3O/c1-4-15(18,5-2)10-19-13(20)14(3,17)11-6-8-12(16)9-7-11/h6-9H,4-5,10,17-18H2,1-3H3,(H,19,20). The Labute approximate surface area is 129 Å². The zero-order valence-corrected chi connectivity index (χ0v) is 14.0. The number of rotatable bonds is 6. The molecule has 0 aliphatic rings. The van der Waals surface area contributed by atoms with Gasteiger partial charge < -0.3 is 16.8 Å². The second-order valence-electron chi connectivity index (χ2n) is 5.46. The van der Waals surface area contributed by atoms with Gasteiger partial charge in [-0.3, -0.25) is 4.79 Å². The third-order valence-electron chi connectivity index (χ3n) is 3.92. The van der Waals surface area contributed by atoms with Crippen molar-refractivity contribution in [3.63, 3.8) is 0 Å². The second-order valence-corrected chi connectivity index (χ2v) is 6.38. The Morgan fingerprint density at radius 2 is 1.70 bits per heavy atom. The van der Waals surface area contributed by atoms with E-state index >= 15 is 0 Å². The molecule has 0 heterocycles. The largest absolute Gasteiger partial charge is 0.352 e. The van der Waals surface area contributed by atoms with Gasteiger partial charge in [-0.15, -0.1) is 0 Å². The summed E-state index contributed by atoms with van der Waals surface area (Å²) in [5.74, 6) is -0.212. The van der Waals surface area contributed by atoms with E-state index in [2.05, 4.69) is 21.2 Å². The minimum absolute atomic E-state index is 0.212. The van der Waals surface area contributed by atoms with Crippen LogP contribution in [0.15, 0.2) is 28.7 Å². The maximum atomic E-state index is 12.3. The van der Waals surface area contributed by atoms with E-state index in [0.717, 1.165) is 22.9 Å². The van der Waals surface area contributed by atoms with Crippen molar-refractivity contribution >= 4 is 21.8 Å². The molecule has 4 nitrogen and oxygen atoms in total. The van der Waals surface area contributed by atoms with Crippen LogP contribution in [0, 0.1) is 0 Å². The van der Waals surface area contributed by atoms with Crippen molar-refractivity contribution < 1.29 is 4.79 Å². The van der Waals surface area contributed by atoms with Crippen molar-refractivity contribution in [3.05, 3.63) is 34.3 Å². The molecule has 0 aliphatic carbocycles. The van der Waals surface area contributed by atoms with E-state index < -0.39 is 5.54 Å². The molecule has 0 aliphatic heterocycles. The Hall–Kier alpha value is -0.910. The number of hydrogen-bond donors (Lipinski definition) is 3. The summed E-state index contributed by atoms with van der Waals surface area (Å²) < 4.78 is 0.954. The first-order valence-electron chi connectivity index (χ1n) is 6.87. The lowest BCUT2D eigenvalue weighted by Gasteiger charge is -2.30. The van der Waals surface area contributed by atoms with Gasteiger partial charge in [0.25, 0.3) is 0 Å². The van der Waals surface area contributed by atoms with Crippen LogP contribution >= 0.6 is 15.9 Å². The van der Waals surface area contributed by atoms with Crippen LogP contribution in [-0.2, 0) is 10.3 Å². The van der Waals surface area contributed by atoms with Crippen LogP contribution in [0.1, 0.15) is 39.2 Å². The van der Waals surface area contributed by atoms with E-state index in [-0.39, 0.29) is 11.4 Å². The molecule has 5 heteroatoms. The van der Waals surface area contributed by atoms with Gasteiger partial charge in [-0.05, 0) is 37.5 Å². The fourth-order valence-electron chi connectivity index (χ4n) is 1.87. The van der Waals surface area contributed by atoms with Crippen molar-refractivity contribution in [3.8, 4) is 0 Å². The molecule has 112 valence electrons. The molecule has 20 heavy (non-hydrogen) atoms. The number of nitrogens with two attached hydrogens (primary N) is 2. The summed E-state index contributed by atoms with van der Waals surface area (Å²) in [5, 5.41) is 2.88. The lowest BCUT2D eigenvalue weighted by molar-refractivity contribution is -0.126. The van der Waals surface area contributed by atoms with Crippen LogP contribution in [0.4, 0.5) is 0 Å². The molecule has 1 unspecified atom stereocenters. The SMILES string of the molecule is CCC(N)(CC)CNC(=O)C(C)(N)c1ccc(Br)cc1. The number of benzene rings is 1. The zero-order valence-electron chi connectivity index (χ0n) is 12.4. The van der Waals surface area contributed by atoms with Crippen LogP contribution in [0.5, 0.6) is 0 Å². The van der Waals surface area contributed by atoms with Crippen LogP contribution in [-0.4, -0.2) is 18.0 Å². The van der Waals surface area contributed by atoms with Crippen LogP contribution < -0.4 is 16.8 Å². The lowest BCUT2D eigenvalue weighted by Crippen LogP contribution is -2.55. The predicted octanol–water partition coefficient (Wildman–Crippen LogP) is 2.26. The molecule has 1 rings (SSSR count). The van der Waals surface area contributed by atoms with Gasteiger partial charge in [-0.1, -0.05) is 41.9 Å². The van der Waals surface area contributed by atoms with E-state index in [9.17, 15) is 4.79 Å². The molecule has 5 N–H and O–H groups in total. The Balaban J connectivity index is 2.77. The molecule has 1 atom stereocenters. The number of hydrogen-bond acceptors (Lipinski definition) is 3. The van der Waals surface area contributed by atoms with Gasteiger partial charge in [-0.2, -0.15) is 0 Å². The molecule has 0 radical (unpaired) electrons. The molecule has 0 fully saturated rings. The van der Waals surface area contributed by atoms with Gasteiger partial charge in [0.15, 0.2) is 0 Å². The summed E-state index contributed by atoms with van der Waals surface area (Å²) in [5.41, 5.74) is 11.7. The first-order valence-corrected chi connectivity index (χ1v) is 7.66. The average molecular weight is 342 g/mol. The summed E-state index contributed by atoms with van der Waals surface area (Å²) in [7, 11) is 0. The molecular weight excluding hydrogens is 318 g/mol. The average Bonchev–Trinajstić information content (AvgIpc) is 2.44. The first-order chi connectivity index (χ1) is 9.25. The van der Waals surface area contributed by atoms with Gasteiger partial charge in [0, 0.05) is 16.6 Å². The fourth-order valence-corrected chi connectivity index (χ4v) is 2.13. The summed E-state index contributed by atoms with van der Waals surface area (Å²) in [6.07, 6.45) is 1.62.